The molecule has 0 bridgehead atoms. The van der Waals surface area contributed by atoms with E-state index in [0.717, 1.165) is 5.69 Å². The standard InChI is InChI=1S/C14H14FN3O2/c15-11-1-2-12(10(7-11)8-16)17-3-5-18(6-4-17)14(19)13-9-20-13/h1-2,7,13H,3-6,9H2. The molecule has 0 saturated carbocycles. The van der Waals surface area contributed by atoms with E-state index in [0.29, 0.717) is 38.3 Å². The number of carbonyl (C=O) groups is 1. The first-order valence-electron chi connectivity index (χ1n) is 6.54. The summed E-state index contributed by atoms with van der Waals surface area (Å²) in [7, 11) is 0. The maximum Gasteiger partial charge on any atom is 0.254 e. The molecule has 1 aromatic rings. The Morgan fingerprint density at radius 2 is 2.05 bits per heavy atom. The van der Waals surface area contributed by atoms with E-state index in [9.17, 15) is 9.18 Å². The van der Waals surface area contributed by atoms with Crippen LogP contribution < -0.4 is 4.90 Å². The molecule has 0 aromatic heterocycles. The number of amides is 1. The number of carbonyl (C=O) groups excluding carboxylic acids is 1. The highest BCUT2D eigenvalue weighted by molar-refractivity contribution is 5.83. The lowest BCUT2D eigenvalue weighted by Crippen LogP contribution is -2.50. The molecule has 0 spiro atoms. The van der Waals surface area contributed by atoms with Gasteiger partial charge < -0.3 is 14.5 Å². The van der Waals surface area contributed by atoms with Crippen molar-refractivity contribution in [3.8, 4) is 6.07 Å². The van der Waals surface area contributed by atoms with E-state index in [1.54, 1.807) is 11.0 Å². The van der Waals surface area contributed by atoms with Crippen LogP contribution in [0, 0.1) is 17.1 Å². The Balaban J connectivity index is 1.69. The van der Waals surface area contributed by atoms with Crippen molar-refractivity contribution in [2.24, 2.45) is 0 Å². The van der Waals surface area contributed by atoms with Crippen LogP contribution in [0.25, 0.3) is 0 Å². The van der Waals surface area contributed by atoms with Gasteiger partial charge >= 0.3 is 0 Å². The number of hydrogen-bond acceptors (Lipinski definition) is 4. The predicted octanol–water partition coefficient (Wildman–Crippen LogP) is 0.745. The highest BCUT2D eigenvalue weighted by Crippen LogP contribution is 2.23. The van der Waals surface area contributed by atoms with Gasteiger partial charge in [0.25, 0.3) is 5.91 Å². The lowest BCUT2D eigenvalue weighted by molar-refractivity contribution is -0.132. The van der Waals surface area contributed by atoms with E-state index < -0.39 is 5.82 Å². The summed E-state index contributed by atoms with van der Waals surface area (Å²) in [6, 6.07) is 6.23. The summed E-state index contributed by atoms with van der Waals surface area (Å²) in [6.07, 6.45) is -0.248. The molecule has 104 valence electrons. The van der Waals surface area contributed by atoms with Crippen molar-refractivity contribution in [1.82, 2.24) is 4.90 Å². The largest absolute Gasteiger partial charge is 0.367 e. The molecule has 0 N–H and O–H groups in total. The average molecular weight is 275 g/mol. The summed E-state index contributed by atoms with van der Waals surface area (Å²) >= 11 is 0. The molecule has 2 aliphatic heterocycles. The maximum absolute atomic E-state index is 13.1. The van der Waals surface area contributed by atoms with Crippen LogP contribution in [-0.2, 0) is 9.53 Å². The van der Waals surface area contributed by atoms with Gasteiger partial charge in [0.15, 0.2) is 6.10 Å². The summed E-state index contributed by atoms with van der Waals surface area (Å²) in [5.74, 6) is -0.366. The fourth-order valence-corrected chi connectivity index (χ4v) is 2.44. The van der Waals surface area contributed by atoms with Crippen molar-refractivity contribution in [2.45, 2.75) is 6.10 Å². The number of hydrogen-bond donors (Lipinski definition) is 0. The van der Waals surface area contributed by atoms with Crippen molar-refractivity contribution >= 4 is 11.6 Å². The van der Waals surface area contributed by atoms with Crippen molar-refractivity contribution in [2.75, 3.05) is 37.7 Å². The molecular weight excluding hydrogens is 261 g/mol. The Kier molecular flexibility index (Phi) is 3.28. The van der Waals surface area contributed by atoms with Crippen molar-refractivity contribution < 1.29 is 13.9 Å². The average Bonchev–Trinajstić information content (AvgIpc) is 3.31. The first-order valence-corrected chi connectivity index (χ1v) is 6.54. The smallest absolute Gasteiger partial charge is 0.254 e. The van der Waals surface area contributed by atoms with Crippen LogP contribution >= 0.6 is 0 Å². The van der Waals surface area contributed by atoms with Gasteiger partial charge in [-0.15, -0.1) is 0 Å². The van der Waals surface area contributed by atoms with Crippen LogP contribution in [0.3, 0.4) is 0 Å². The minimum atomic E-state index is -0.412. The molecule has 20 heavy (non-hydrogen) atoms. The zero-order valence-electron chi connectivity index (χ0n) is 10.9. The van der Waals surface area contributed by atoms with E-state index in [1.165, 1.54) is 12.1 Å². The first kappa shape index (κ1) is 12.9. The van der Waals surface area contributed by atoms with Gasteiger partial charge in [0.05, 0.1) is 17.9 Å². The van der Waals surface area contributed by atoms with Crippen LogP contribution in [-0.4, -0.2) is 49.7 Å². The van der Waals surface area contributed by atoms with Gasteiger partial charge in [0.1, 0.15) is 11.9 Å². The molecule has 5 nitrogen and oxygen atoms in total. The van der Waals surface area contributed by atoms with E-state index in [2.05, 4.69) is 0 Å². The number of piperazine rings is 1. The van der Waals surface area contributed by atoms with Crippen LogP contribution in [0.15, 0.2) is 18.2 Å². The molecule has 1 atom stereocenters. The quantitative estimate of drug-likeness (QED) is 0.747. The van der Waals surface area contributed by atoms with Gasteiger partial charge in [-0.2, -0.15) is 5.26 Å². The second kappa shape index (κ2) is 5.10. The maximum atomic E-state index is 13.1. The van der Waals surface area contributed by atoms with Crippen molar-refractivity contribution in [3.05, 3.63) is 29.6 Å². The normalized spacial score (nSPS) is 21.5. The van der Waals surface area contributed by atoms with Crippen LogP contribution in [0.1, 0.15) is 5.56 Å². The van der Waals surface area contributed by atoms with E-state index >= 15 is 0 Å². The van der Waals surface area contributed by atoms with E-state index in [1.807, 2.05) is 11.0 Å². The molecule has 3 rings (SSSR count). The monoisotopic (exact) mass is 275 g/mol. The Bertz CT molecular complexity index is 572. The van der Waals surface area contributed by atoms with Crippen LogP contribution in [0.2, 0.25) is 0 Å². The molecule has 2 heterocycles. The molecule has 2 fully saturated rings. The summed E-state index contributed by atoms with van der Waals surface area (Å²) in [6.45, 7) is 3.00. The third kappa shape index (κ3) is 2.45. The Hall–Kier alpha value is -2.13. The predicted molar refractivity (Wildman–Crippen MR) is 69.6 cm³/mol. The number of nitriles is 1. The number of halogens is 1. The van der Waals surface area contributed by atoms with Gasteiger partial charge in [0, 0.05) is 26.2 Å². The molecule has 0 aliphatic carbocycles. The van der Waals surface area contributed by atoms with Crippen molar-refractivity contribution in [1.29, 1.82) is 5.26 Å². The SMILES string of the molecule is N#Cc1cc(F)ccc1N1CCN(C(=O)C2CO2)CC1. The second-order valence-electron chi connectivity index (χ2n) is 4.91. The third-order valence-corrected chi connectivity index (χ3v) is 3.62. The molecular formula is C14H14FN3O2. The fourth-order valence-electron chi connectivity index (χ4n) is 2.44. The number of benzene rings is 1. The molecule has 0 radical (unpaired) electrons. The molecule has 1 unspecified atom stereocenters. The lowest BCUT2D eigenvalue weighted by Gasteiger charge is -2.36. The minimum Gasteiger partial charge on any atom is -0.367 e. The summed E-state index contributed by atoms with van der Waals surface area (Å²) in [5, 5.41) is 9.07. The molecule has 2 aliphatic rings. The highest BCUT2D eigenvalue weighted by Gasteiger charge is 2.36. The summed E-state index contributed by atoms with van der Waals surface area (Å²) in [5.41, 5.74) is 1.05. The van der Waals surface area contributed by atoms with Crippen LogP contribution in [0.4, 0.5) is 10.1 Å². The van der Waals surface area contributed by atoms with Gasteiger partial charge in [0.2, 0.25) is 0 Å². The van der Waals surface area contributed by atoms with E-state index in [4.69, 9.17) is 10.00 Å². The molecule has 1 aromatic carbocycles. The first-order chi connectivity index (χ1) is 9.69. The Morgan fingerprint density at radius 1 is 1.35 bits per heavy atom. The third-order valence-electron chi connectivity index (χ3n) is 3.62. The number of anilines is 1. The zero-order valence-corrected chi connectivity index (χ0v) is 10.9. The molecule has 1 amide bonds. The number of epoxide rings is 1. The topological polar surface area (TPSA) is 59.9 Å². The van der Waals surface area contributed by atoms with Crippen molar-refractivity contribution in [3.63, 3.8) is 0 Å². The zero-order chi connectivity index (χ0) is 14.1. The summed E-state index contributed by atoms with van der Waals surface area (Å²) < 4.78 is 18.1. The second-order valence-corrected chi connectivity index (χ2v) is 4.91. The fraction of sp³-hybridized carbons (Fsp3) is 0.429. The highest BCUT2D eigenvalue weighted by atomic mass is 19.1. The van der Waals surface area contributed by atoms with Gasteiger partial charge in [-0.05, 0) is 18.2 Å². The van der Waals surface area contributed by atoms with Gasteiger partial charge in [-0.3, -0.25) is 4.79 Å². The summed E-state index contributed by atoms with van der Waals surface area (Å²) in [4.78, 5) is 15.6. The number of nitrogens with zero attached hydrogens (tertiary/aromatic N) is 3. The van der Waals surface area contributed by atoms with Gasteiger partial charge in [-0.25, -0.2) is 4.39 Å². The number of ether oxygens (including phenoxy) is 1. The van der Waals surface area contributed by atoms with Gasteiger partial charge in [-0.1, -0.05) is 0 Å². The van der Waals surface area contributed by atoms with E-state index in [-0.39, 0.29) is 12.0 Å². The molecule has 6 heteroatoms. The number of rotatable bonds is 2. The van der Waals surface area contributed by atoms with Crippen LogP contribution in [0.5, 0.6) is 0 Å². The minimum absolute atomic E-state index is 0.0456. The Labute approximate surface area is 116 Å². The lowest BCUT2D eigenvalue weighted by atomic mass is 10.1. The molecule has 2 saturated heterocycles. The Morgan fingerprint density at radius 3 is 2.65 bits per heavy atom.